The number of benzene rings is 3. The predicted molar refractivity (Wildman–Crippen MR) is 289 cm³/mol. The van der Waals surface area contributed by atoms with E-state index in [-0.39, 0.29) is 88.8 Å². The smallest absolute Gasteiger partial charge is 0.417 e. The summed E-state index contributed by atoms with van der Waals surface area (Å²) in [5.74, 6) is -0.687. The molecule has 0 aliphatic carbocycles. The molecule has 0 radical (unpaired) electrons. The summed E-state index contributed by atoms with van der Waals surface area (Å²) >= 11 is 0. The van der Waals surface area contributed by atoms with E-state index in [1.165, 1.54) is 30.5 Å². The van der Waals surface area contributed by atoms with Crippen LogP contribution in [-0.4, -0.2) is 175 Å². The number of hydrogen-bond acceptors (Lipinski definition) is 15. The maximum Gasteiger partial charge on any atom is 0.417 e. The van der Waals surface area contributed by atoms with Crippen LogP contribution in [0.5, 0.6) is 17.5 Å². The molecule has 5 aliphatic rings. The van der Waals surface area contributed by atoms with Gasteiger partial charge in [-0.15, -0.1) is 10.2 Å². The van der Waals surface area contributed by atoms with Crippen LogP contribution in [0.1, 0.15) is 86.1 Å². The topological polar surface area (TPSA) is 193 Å². The third kappa shape index (κ3) is 11.0. The number of halogens is 4. The highest BCUT2D eigenvalue weighted by atomic mass is 19.4. The molecule has 5 aliphatic heterocycles. The van der Waals surface area contributed by atoms with Gasteiger partial charge in [0.25, 0.3) is 5.91 Å². The molecule has 3 aromatic carbocycles. The first kappa shape index (κ1) is 54.0. The Hall–Kier alpha value is -7.01. The van der Waals surface area contributed by atoms with Crippen LogP contribution < -0.4 is 20.3 Å². The number of pyridine rings is 1. The number of likely N-dealkylation sites (N-methyl/N-ethyl adjacent to an activating group) is 1. The van der Waals surface area contributed by atoms with Crippen LogP contribution in [0.3, 0.4) is 0 Å². The highest BCUT2D eigenvalue weighted by Crippen LogP contribution is 2.41. The van der Waals surface area contributed by atoms with Gasteiger partial charge < -0.3 is 35.4 Å². The van der Waals surface area contributed by atoms with Crippen LogP contribution in [0.25, 0.3) is 39.2 Å². The van der Waals surface area contributed by atoms with Gasteiger partial charge in [0.05, 0.1) is 16.5 Å². The van der Waals surface area contributed by atoms with Crippen molar-refractivity contribution in [3.05, 3.63) is 95.2 Å². The van der Waals surface area contributed by atoms with Gasteiger partial charge in [-0.3, -0.25) is 33.8 Å². The molecule has 11 rings (SSSR count). The lowest BCUT2D eigenvalue weighted by atomic mass is 9.94. The molecule has 6 aromatic rings. The van der Waals surface area contributed by atoms with E-state index < -0.39 is 29.2 Å². The summed E-state index contributed by atoms with van der Waals surface area (Å²) in [7, 11) is 2.04. The zero-order chi connectivity index (χ0) is 55.3. The lowest BCUT2D eigenvalue weighted by Gasteiger charge is -2.40. The normalized spacial score (nSPS) is 21.6. The van der Waals surface area contributed by atoms with Crippen LogP contribution in [0.4, 0.5) is 23.4 Å². The van der Waals surface area contributed by atoms with Crippen molar-refractivity contribution < 1.29 is 42.1 Å². The first-order chi connectivity index (χ1) is 38.0. The molecule has 3 aromatic heterocycles. The van der Waals surface area contributed by atoms with Crippen LogP contribution in [0.15, 0.2) is 66.9 Å². The van der Waals surface area contributed by atoms with Gasteiger partial charge >= 0.3 is 12.2 Å². The average Bonchev–Trinajstić information content (AvgIpc) is 4.23. The number of ether oxygens (including phenoxy) is 1. The van der Waals surface area contributed by atoms with Crippen molar-refractivity contribution in [2.45, 2.75) is 95.7 Å². The van der Waals surface area contributed by atoms with Crippen molar-refractivity contribution in [2.75, 3.05) is 84.0 Å². The fourth-order valence-corrected chi connectivity index (χ4v) is 12.3. The van der Waals surface area contributed by atoms with E-state index in [2.05, 4.69) is 50.4 Å². The second kappa shape index (κ2) is 22.3. The van der Waals surface area contributed by atoms with E-state index in [9.17, 15) is 33.0 Å². The highest BCUT2D eigenvalue weighted by Gasteiger charge is 2.39. The van der Waals surface area contributed by atoms with Crippen molar-refractivity contribution in [2.24, 2.45) is 5.92 Å². The fourth-order valence-electron chi connectivity index (χ4n) is 12.3. The molecule has 2 unspecified atom stereocenters. The van der Waals surface area contributed by atoms with E-state index >= 15 is 4.39 Å². The third-order valence-corrected chi connectivity index (χ3v) is 16.6. The number of amides is 2. The quantitative estimate of drug-likeness (QED) is 0.0829. The van der Waals surface area contributed by atoms with E-state index in [1.54, 1.807) is 10.6 Å². The number of rotatable bonds is 14. The largest absolute Gasteiger partial charge is 0.508 e. The first-order valence-electron chi connectivity index (χ1n) is 27.5. The molecule has 5 saturated heterocycles. The van der Waals surface area contributed by atoms with Crippen molar-refractivity contribution in [3.63, 3.8) is 0 Å². The number of likely N-dealkylation sites (tertiary alicyclic amines) is 2. The number of anilines is 1. The number of phenolic OH excluding ortho intramolecular Hbond substituents is 2. The third-order valence-electron chi connectivity index (χ3n) is 16.6. The molecule has 18 nitrogen and oxygen atoms in total. The molecule has 4 atom stereocenters. The minimum atomic E-state index is -4.72. The second-order valence-corrected chi connectivity index (χ2v) is 22.1. The lowest BCUT2D eigenvalue weighted by Crippen LogP contribution is -2.54. The van der Waals surface area contributed by atoms with Gasteiger partial charge in [0.15, 0.2) is 11.6 Å². The summed E-state index contributed by atoms with van der Waals surface area (Å²) in [5.41, 5.74) is 0.731. The van der Waals surface area contributed by atoms with E-state index in [1.807, 2.05) is 57.0 Å². The molecule has 0 spiro atoms. The number of hydrogen-bond donors (Lipinski definition) is 4. The van der Waals surface area contributed by atoms with Crippen LogP contribution in [0.2, 0.25) is 0 Å². The summed E-state index contributed by atoms with van der Waals surface area (Å²) in [6, 6.07) is 16.2. The Morgan fingerprint density at radius 3 is 2.29 bits per heavy atom. The van der Waals surface area contributed by atoms with Crippen molar-refractivity contribution in [1.29, 1.82) is 0 Å². The maximum atomic E-state index is 16.6. The van der Waals surface area contributed by atoms with Gasteiger partial charge in [-0.2, -0.15) is 23.1 Å². The van der Waals surface area contributed by atoms with Crippen molar-refractivity contribution >= 4 is 28.5 Å². The molecule has 2 amide bonds. The number of fused-ring (bicyclic) bond motifs is 3. The molecule has 5 fully saturated rings. The monoisotopic (exact) mass is 1090 g/mol. The van der Waals surface area contributed by atoms with Gasteiger partial charge in [-0.05, 0) is 100 Å². The number of aromatic hydroxyl groups is 2. The van der Waals surface area contributed by atoms with E-state index in [0.29, 0.717) is 67.3 Å². The number of alkyl halides is 3. The second-order valence-electron chi connectivity index (χ2n) is 22.1. The molecule has 8 heterocycles. The molecule has 4 N–H and O–H groups in total. The molecule has 2 bridgehead atoms. The van der Waals surface area contributed by atoms with E-state index in [0.717, 1.165) is 76.5 Å². The number of nitrogens with one attached hydrogen (secondary N) is 2. The summed E-state index contributed by atoms with van der Waals surface area (Å²) in [4.78, 5) is 51.9. The first-order valence-corrected chi connectivity index (χ1v) is 27.5. The van der Waals surface area contributed by atoms with Gasteiger partial charge in [-0.1, -0.05) is 44.2 Å². The van der Waals surface area contributed by atoms with Crippen LogP contribution in [0, 0.1) is 11.7 Å². The number of phenols is 2. The van der Waals surface area contributed by atoms with Crippen molar-refractivity contribution in [3.8, 4) is 45.8 Å². The number of piperazine rings is 2. The maximum absolute atomic E-state index is 16.6. The Labute approximate surface area is 455 Å². The zero-order valence-corrected chi connectivity index (χ0v) is 44.9. The van der Waals surface area contributed by atoms with Crippen LogP contribution in [-0.2, 0) is 17.5 Å². The number of aromatic nitrogens is 6. The molecular weight excluding hydrogens is 1020 g/mol. The molecular formula is C57H67F4N13O5. The predicted octanol–water partition coefficient (Wildman–Crippen LogP) is 6.83. The zero-order valence-electron chi connectivity index (χ0n) is 44.9. The van der Waals surface area contributed by atoms with Crippen molar-refractivity contribution in [1.82, 2.24) is 59.9 Å². The Bertz CT molecular complexity index is 3200. The fraction of sp³-hybridized carbons (Fsp3) is 0.491. The number of carbonyl (C=O) groups excluding carboxylic acids is 2. The molecule has 79 heavy (non-hydrogen) atoms. The molecule has 22 heteroatoms. The van der Waals surface area contributed by atoms with Gasteiger partial charge in [0.2, 0.25) is 11.7 Å². The summed E-state index contributed by atoms with van der Waals surface area (Å²) in [6.45, 7) is 13.4. The molecule has 418 valence electrons. The minimum Gasteiger partial charge on any atom is -0.508 e. The SMILES string of the molecule is CCNC(=O)c1nnc(-c2cc(C(C)C)c(O)cc2O)n1-c1ccc(CN2CCC(C(=O)N3CCN([C@H]4C[C@@H](COc5nc(N6CC7CCC(C6)N7)c6cnc(-c7ccccc7C(F)(F)F)c(F)c6n5)N(C)C4)CC3)CC2)cc1. The highest BCUT2D eigenvalue weighted by molar-refractivity contribution is 5.93. The summed E-state index contributed by atoms with van der Waals surface area (Å²) in [5, 5.41) is 36.7. The van der Waals surface area contributed by atoms with Crippen LogP contribution >= 0.6 is 0 Å². The molecule has 0 saturated carbocycles. The number of carbonyl (C=O) groups is 2. The average molecular weight is 1090 g/mol. The van der Waals surface area contributed by atoms with Gasteiger partial charge in [0.1, 0.15) is 35.1 Å². The Balaban J connectivity index is 0.691. The van der Waals surface area contributed by atoms with Gasteiger partial charge in [0, 0.05) is 113 Å². The minimum absolute atomic E-state index is 0.0132. The summed E-state index contributed by atoms with van der Waals surface area (Å²) < 4.78 is 66.9. The Kier molecular flexibility index (Phi) is 15.2. The van der Waals surface area contributed by atoms with E-state index in [4.69, 9.17) is 9.72 Å². The number of piperidine rings is 1. The van der Waals surface area contributed by atoms with Gasteiger partial charge in [-0.25, -0.2) is 4.39 Å². The lowest BCUT2D eigenvalue weighted by molar-refractivity contribution is -0.139. The Morgan fingerprint density at radius 2 is 1.59 bits per heavy atom. The Morgan fingerprint density at radius 1 is 0.873 bits per heavy atom. The standard InChI is InChI=1S/C57H67F4N13O5/c1-5-62-54(77)53-68-67-52(43-25-42(33(2)3)46(75)26-47(43)76)74(53)38-14-10-34(11-15-38)28-70-18-16-35(17-19-70)55(78)72-22-20-71(21-23-72)39-24-40(69(4)31-39)32-79-56-65-50-44(51(66-56)73-29-36-12-13-37(30-73)64-36)27-63-49(48(50)58)41-8-6-7-9-45(41)57(59,60)61/h6-11,14-15,25-27,33,35-37,39-40,64,75-76H,5,12-13,16-24,28-32H2,1-4H3,(H,62,77)/t36?,37?,39-,40-/m0/s1. The number of nitrogens with zero attached hydrogens (tertiary/aromatic N) is 11. The summed E-state index contributed by atoms with van der Waals surface area (Å²) in [6.07, 6.45) is 0.973.